The molecule has 6 heteroatoms. The molecule has 0 saturated carbocycles. The van der Waals surface area contributed by atoms with Crippen LogP contribution in [0.1, 0.15) is 22.7 Å². The summed E-state index contributed by atoms with van der Waals surface area (Å²) in [5, 5.41) is 10.8. The van der Waals surface area contributed by atoms with Crippen LogP contribution >= 0.6 is 0 Å². The highest BCUT2D eigenvalue weighted by Crippen LogP contribution is 2.44. The van der Waals surface area contributed by atoms with Crippen LogP contribution in [0.2, 0.25) is 0 Å². The van der Waals surface area contributed by atoms with Gasteiger partial charge >= 0.3 is 0 Å². The largest absolute Gasteiger partial charge is 0.503 e. The molecule has 3 aromatic carbocycles. The molecule has 0 bridgehead atoms. The lowest BCUT2D eigenvalue weighted by molar-refractivity contribution is -0.130. The molecule has 0 aliphatic carbocycles. The number of hydrogen-bond acceptors (Lipinski definition) is 4. The molecular formula is C25H22FNO4. The number of aliphatic hydroxyl groups is 1. The third kappa shape index (κ3) is 3.97. The third-order valence-electron chi connectivity index (χ3n) is 5.40. The van der Waals surface area contributed by atoms with Crippen LogP contribution in [0, 0.1) is 5.82 Å². The molecule has 1 aliphatic heterocycles. The predicted octanol–water partition coefficient (Wildman–Crippen LogP) is 4.90. The van der Waals surface area contributed by atoms with Gasteiger partial charge in [0.1, 0.15) is 17.3 Å². The number of hydrogen-bond donors (Lipinski definition) is 1. The fourth-order valence-electron chi connectivity index (χ4n) is 3.80. The number of carbonyl (C=O) groups excluding carboxylic acids is 1. The number of amides is 1. The minimum absolute atomic E-state index is 0.272. The maximum absolute atomic E-state index is 13.6. The first-order valence-corrected chi connectivity index (χ1v) is 9.78. The second-order valence-electron chi connectivity index (χ2n) is 7.23. The van der Waals surface area contributed by atoms with E-state index in [9.17, 15) is 14.3 Å². The molecule has 3 aromatic rings. The number of carbonyl (C=O) groups is 1. The summed E-state index contributed by atoms with van der Waals surface area (Å²) in [6.07, 6.45) is 0. The van der Waals surface area contributed by atoms with Crippen molar-refractivity contribution in [3.63, 3.8) is 0 Å². The summed E-state index contributed by atoms with van der Waals surface area (Å²) in [5.74, 6) is 0.228. The average Bonchev–Trinajstić information content (AvgIpc) is 3.05. The van der Waals surface area contributed by atoms with Gasteiger partial charge in [0, 0.05) is 12.1 Å². The lowest BCUT2D eigenvalue weighted by atomic mass is 9.93. The first-order valence-electron chi connectivity index (χ1n) is 9.78. The minimum atomic E-state index is -0.566. The second-order valence-corrected chi connectivity index (χ2v) is 7.23. The summed E-state index contributed by atoms with van der Waals surface area (Å²) < 4.78 is 24.0. The Morgan fingerprint density at radius 3 is 1.97 bits per heavy atom. The molecule has 0 fully saturated rings. The van der Waals surface area contributed by atoms with Crippen LogP contribution in [0.4, 0.5) is 4.39 Å². The summed E-state index contributed by atoms with van der Waals surface area (Å²) >= 11 is 0. The molecule has 0 saturated heterocycles. The number of rotatable bonds is 6. The second kappa shape index (κ2) is 8.52. The van der Waals surface area contributed by atoms with Gasteiger partial charge < -0.3 is 19.5 Å². The molecule has 5 nitrogen and oxygen atoms in total. The van der Waals surface area contributed by atoms with Crippen LogP contribution in [0.25, 0.3) is 5.57 Å². The Morgan fingerprint density at radius 1 is 0.871 bits per heavy atom. The van der Waals surface area contributed by atoms with Crippen molar-refractivity contribution >= 4 is 11.5 Å². The van der Waals surface area contributed by atoms with Gasteiger partial charge in [0.15, 0.2) is 5.76 Å². The highest BCUT2D eigenvalue weighted by atomic mass is 19.1. The standard InChI is InChI=1S/C25H22FNO4/c1-30-20-11-3-16(4-12-20)15-27-23(18-5-9-19(26)10-6-18)22(24(28)25(27)29)17-7-13-21(31-2)14-8-17/h3-14,23,28H,15H2,1-2H3. The number of nitrogens with zero attached hydrogens (tertiary/aromatic N) is 1. The molecule has 1 amide bonds. The Morgan fingerprint density at radius 2 is 1.42 bits per heavy atom. The van der Waals surface area contributed by atoms with E-state index in [1.807, 2.05) is 24.3 Å². The summed E-state index contributed by atoms with van der Waals surface area (Å²) in [7, 11) is 3.16. The lowest BCUT2D eigenvalue weighted by Crippen LogP contribution is -2.29. The predicted molar refractivity (Wildman–Crippen MR) is 115 cm³/mol. The number of halogens is 1. The van der Waals surface area contributed by atoms with Crippen molar-refractivity contribution in [2.45, 2.75) is 12.6 Å². The third-order valence-corrected chi connectivity index (χ3v) is 5.40. The van der Waals surface area contributed by atoms with Crippen molar-refractivity contribution in [3.05, 3.63) is 101 Å². The molecule has 1 N–H and O–H groups in total. The number of methoxy groups -OCH3 is 2. The normalized spacial score (nSPS) is 16.0. The fourth-order valence-corrected chi connectivity index (χ4v) is 3.80. The monoisotopic (exact) mass is 419 g/mol. The molecular weight excluding hydrogens is 397 g/mol. The minimum Gasteiger partial charge on any atom is -0.503 e. The lowest BCUT2D eigenvalue weighted by Gasteiger charge is -2.27. The molecule has 1 heterocycles. The molecule has 0 radical (unpaired) electrons. The van der Waals surface area contributed by atoms with Crippen molar-refractivity contribution in [2.75, 3.05) is 14.2 Å². The van der Waals surface area contributed by atoms with Crippen molar-refractivity contribution in [1.82, 2.24) is 4.90 Å². The highest BCUT2D eigenvalue weighted by Gasteiger charge is 2.41. The smallest absolute Gasteiger partial charge is 0.290 e. The van der Waals surface area contributed by atoms with Crippen LogP contribution in [0.3, 0.4) is 0 Å². The van der Waals surface area contributed by atoms with Gasteiger partial charge in [-0.3, -0.25) is 4.79 Å². The Bertz CT molecular complexity index is 1110. The molecule has 1 unspecified atom stereocenters. The molecule has 158 valence electrons. The van der Waals surface area contributed by atoms with E-state index in [0.29, 0.717) is 28.2 Å². The Kier molecular flexibility index (Phi) is 5.62. The van der Waals surface area contributed by atoms with E-state index in [0.717, 1.165) is 5.56 Å². The van der Waals surface area contributed by atoms with Crippen LogP contribution in [0.5, 0.6) is 11.5 Å². The summed E-state index contributed by atoms with van der Waals surface area (Å²) in [6, 6.07) is 19.9. The first-order chi connectivity index (χ1) is 15.0. The van der Waals surface area contributed by atoms with E-state index in [1.54, 1.807) is 55.5 Å². The van der Waals surface area contributed by atoms with E-state index >= 15 is 0 Å². The fraction of sp³-hybridized carbons (Fsp3) is 0.160. The van der Waals surface area contributed by atoms with E-state index in [1.165, 1.54) is 12.1 Å². The van der Waals surface area contributed by atoms with Crippen LogP contribution in [-0.2, 0) is 11.3 Å². The number of ether oxygens (including phenoxy) is 2. The van der Waals surface area contributed by atoms with Crippen LogP contribution in [-0.4, -0.2) is 30.1 Å². The molecule has 31 heavy (non-hydrogen) atoms. The summed E-state index contributed by atoms with van der Waals surface area (Å²) in [6.45, 7) is 0.272. The van der Waals surface area contributed by atoms with Gasteiger partial charge in [-0.05, 0) is 53.1 Å². The first kappa shape index (κ1) is 20.5. The Balaban J connectivity index is 1.76. The zero-order valence-electron chi connectivity index (χ0n) is 17.2. The number of aliphatic hydroxyl groups excluding tert-OH is 1. The van der Waals surface area contributed by atoms with Gasteiger partial charge in [0.25, 0.3) is 5.91 Å². The average molecular weight is 419 g/mol. The number of benzene rings is 3. The van der Waals surface area contributed by atoms with Gasteiger partial charge in [-0.1, -0.05) is 36.4 Å². The highest BCUT2D eigenvalue weighted by molar-refractivity contribution is 6.05. The zero-order valence-corrected chi connectivity index (χ0v) is 17.2. The molecule has 1 aliphatic rings. The van der Waals surface area contributed by atoms with E-state index in [2.05, 4.69) is 0 Å². The van der Waals surface area contributed by atoms with Gasteiger partial charge in [-0.2, -0.15) is 0 Å². The van der Waals surface area contributed by atoms with Crippen molar-refractivity contribution < 1.29 is 23.8 Å². The summed E-state index contributed by atoms with van der Waals surface area (Å²) in [4.78, 5) is 14.7. The molecule has 0 aromatic heterocycles. The Labute approximate surface area is 180 Å². The van der Waals surface area contributed by atoms with E-state index < -0.39 is 11.9 Å². The molecule has 1 atom stereocenters. The molecule has 4 rings (SSSR count). The van der Waals surface area contributed by atoms with Crippen molar-refractivity contribution in [2.24, 2.45) is 0 Å². The maximum atomic E-state index is 13.6. The zero-order chi connectivity index (χ0) is 22.0. The van der Waals surface area contributed by atoms with Crippen molar-refractivity contribution in [1.29, 1.82) is 0 Å². The van der Waals surface area contributed by atoms with Crippen LogP contribution in [0.15, 0.2) is 78.6 Å². The topological polar surface area (TPSA) is 59.0 Å². The van der Waals surface area contributed by atoms with Gasteiger partial charge in [0.2, 0.25) is 0 Å². The maximum Gasteiger partial charge on any atom is 0.290 e. The van der Waals surface area contributed by atoms with E-state index in [4.69, 9.17) is 9.47 Å². The summed E-state index contributed by atoms with van der Waals surface area (Å²) in [5.41, 5.74) is 2.76. The molecule has 0 spiro atoms. The van der Waals surface area contributed by atoms with Gasteiger partial charge in [-0.25, -0.2) is 4.39 Å². The van der Waals surface area contributed by atoms with Crippen molar-refractivity contribution in [3.8, 4) is 11.5 Å². The van der Waals surface area contributed by atoms with Crippen LogP contribution < -0.4 is 9.47 Å². The van der Waals surface area contributed by atoms with E-state index in [-0.39, 0.29) is 18.1 Å². The Hall–Kier alpha value is -3.80. The quantitative estimate of drug-likeness (QED) is 0.618. The SMILES string of the molecule is COc1ccc(CN2C(=O)C(O)=C(c3ccc(OC)cc3)C2c2ccc(F)cc2)cc1. The van der Waals surface area contributed by atoms with Gasteiger partial charge in [0.05, 0.1) is 20.3 Å². The van der Waals surface area contributed by atoms with Gasteiger partial charge in [-0.15, -0.1) is 0 Å².